The summed E-state index contributed by atoms with van der Waals surface area (Å²) in [7, 11) is 0. The Balaban J connectivity index is 1.59. The molecule has 0 aliphatic carbocycles. The predicted octanol–water partition coefficient (Wildman–Crippen LogP) is 5.92. The monoisotopic (exact) mass is 332 g/mol. The fourth-order valence-corrected chi connectivity index (χ4v) is 3.46. The predicted molar refractivity (Wildman–Crippen MR) is 100 cm³/mol. The average Bonchev–Trinajstić information content (AvgIpc) is 3.19. The van der Waals surface area contributed by atoms with Gasteiger partial charge in [-0.2, -0.15) is 0 Å². The van der Waals surface area contributed by atoms with Gasteiger partial charge in [-0.1, -0.05) is 6.07 Å². The van der Waals surface area contributed by atoms with E-state index in [1.165, 1.54) is 10.3 Å². The number of benzene rings is 2. The van der Waals surface area contributed by atoms with Crippen LogP contribution in [0.1, 0.15) is 17.1 Å². The number of aliphatic imine (C=N–C) groups is 1. The summed E-state index contributed by atoms with van der Waals surface area (Å²) in [5.41, 5.74) is 4.30. The molecule has 0 saturated heterocycles. The molecule has 0 unspecified atom stereocenters. The van der Waals surface area contributed by atoms with Crippen LogP contribution in [0.3, 0.4) is 0 Å². The van der Waals surface area contributed by atoms with Crippen molar-refractivity contribution in [2.45, 2.75) is 13.8 Å². The first-order chi connectivity index (χ1) is 11.7. The van der Waals surface area contributed by atoms with E-state index in [1.807, 2.05) is 31.2 Å². The van der Waals surface area contributed by atoms with Gasteiger partial charge in [0, 0.05) is 5.56 Å². The maximum atomic E-state index is 5.48. The molecule has 118 valence electrons. The highest BCUT2D eigenvalue weighted by Gasteiger charge is 2.06. The third kappa shape index (κ3) is 3.01. The van der Waals surface area contributed by atoms with Crippen molar-refractivity contribution in [2.75, 3.05) is 0 Å². The summed E-state index contributed by atoms with van der Waals surface area (Å²) in [5.74, 6) is 1.65. The maximum absolute atomic E-state index is 5.48. The quantitative estimate of drug-likeness (QED) is 0.436. The van der Waals surface area contributed by atoms with E-state index in [0.717, 1.165) is 33.3 Å². The lowest BCUT2D eigenvalue weighted by atomic mass is 10.2. The maximum Gasteiger partial charge on any atom is 0.145 e. The van der Waals surface area contributed by atoms with Crippen molar-refractivity contribution >= 4 is 33.5 Å². The number of aromatic nitrogens is 1. The summed E-state index contributed by atoms with van der Waals surface area (Å²) >= 11 is 1.71. The number of aryl methyl sites for hydroxylation is 2. The summed E-state index contributed by atoms with van der Waals surface area (Å²) in [6.07, 6.45) is 1.74. The topological polar surface area (TPSA) is 38.4 Å². The summed E-state index contributed by atoms with van der Waals surface area (Å²) in [6.45, 7) is 4.01. The molecular weight excluding hydrogens is 316 g/mol. The van der Waals surface area contributed by atoms with Crippen molar-refractivity contribution in [1.82, 2.24) is 4.98 Å². The van der Waals surface area contributed by atoms with Gasteiger partial charge in [0.05, 0.1) is 22.1 Å². The number of hydrogen-bond acceptors (Lipinski definition) is 4. The minimum atomic E-state index is 0.762. The summed E-state index contributed by atoms with van der Waals surface area (Å²) in [5, 5.41) is 1.03. The minimum Gasteiger partial charge on any atom is -0.460 e. The molecule has 2 heterocycles. The molecule has 0 atom stereocenters. The smallest absolute Gasteiger partial charge is 0.145 e. The molecule has 0 N–H and O–H groups in total. The van der Waals surface area contributed by atoms with Crippen LogP contribution >= 0.6 is 11.3 Å². The fourth-order valence-electron chi connectivity index (χ4n) is 2.51. The Bertz CT molecular complexity index is 1030. The number of nitrogens with zero attached hydrogens (tertiary/aromatic N) is 2. The summed E-state index contributed by atoms with van der Waals surface area (Å²) < 4.78 is 6.70. The molecule has 0 radical (unpaired) electrons. The van der Waals surface area contributed by atoms with Crippen LogP contribution < -0.4 is 0 Å². The molecule has 0 spiro atoms. The van der Waals surface area contributed by atoms with E-state index in [0.29, 0.717) is 0 Å². The van der Waals surface area contributed by atoms with E-state index in [4.69, 9.17) is 9.40 Å². The molecule has 4 heteroatoms. The van der Waals surface area contributed by atoms with E-state index in [9.17, 15) is 0 Å². The second kappa shape index (κ2) is 6.06. The van der Waals surface area contributed by atoms with Crippen molar-refractivity contribution in [3.8, 4) is 10.6 Å². The van der Waals surface area contributed by atoms with Crippen LogP contribution in [-0.4, -0.2) is 11.2 Å². The van der Waals surface area contributed by atoms with Crippen LogP contribution in [0.25, 0.3) is 20.8 Å². The first kappa shape index (κ1) is 14.8. The van der Waals surface area contributed by atoms with Crippen molar-refractivity contribution in [2.24, 2.45) is 4.99 Å². The summed E-state index contributed by atoms with van der Waals surface area (Å²) in [4.78, 5) is 9.18. The Labute approximate surface area is 144 Å². The highest BCUT2D eigenvalue weighted by atomic mass is 32.1. The third-order valence-electron chi connectivity index (χ3n) is 3.76. The Morgan fingerprint density at radius 3 is 2.58 bits per heavy atom. The van der Waals surface area contributed by atoms with Gasteiger partial charge in [-0.3, -0.25) is 4.99 Å². The van der Waals surface area contributed by atoms with Crippen molar-refractivity contribution in [1.29, 1.82) is 0 Å². The normalized spacial score (nSPS) is 11.6. The Morgan fingerprint density at radius 1 is 1.00 bits per heavy atom. The lowest BCUT2D eigenvalue weighted by molar-refractivity contribution is 0.528. The standard InChI is InChI=1S/C20H16N2OS/c1-13-3-10-19-18(11-13)22-20(24-19)15-5-7-16(8-6-15)21-12-17-9-4-14(2)23-17/h3-12H,1-2H3. The number of hydrogen-bond donors (Lipinski definition) is 0. The third-order valence-corrected chi connectivity index (χ3v) is 4.84. The van der Waals surface area contributed by atoms with Gasteiger partial charge >= 0.3 is 0 Å². The first-order valence-electron chi connectivity index (χ1n) is 7.75. The number of furan rings is 1. The van der Waals surface area contributed by atoms with Crippen molar-refractivity contribution in [3.63, 3.8) is 0 Å². The highest BCUT2D eigenvalue weighted by molar-refractivity contribution is 7.21. The van der Waals surface area contributed by atoms with E-state index >= 15 is 0 Å². The molecule has 4 rings (SSSR count). The molecule has 0 aliphatic heterocycles. The van der Waals surface area contributed by atoms with E-state index in [2.05, 4.69) is 42.2 Å². The van der Waals surface area contributed by atoms with Crippen LogP contribution in [-0.2, 0) is 0 Å². The zero-order valence-electron chi connectivity index (χ0n) is 13.5. The van der Waals surface area contributed by atoms with Gasteiger partial charge in [-0.15, -0.1) is 11.3 Å². The second-order valence-electron chi connectivity index (χ2n) is 5.74. The Hall–Kier alpha value is -2.72. The zero-order valence-corrected chi connectivity index (χ0v) is 14.3. The SMILES string of the molecule is Cc1ccc2sc(-c3ccc(N=Cc4ccc(C)o4)cc3)nc2c1. The van der Waals surface area contributed by atoms with Gasteiger partial charge in [0.15, 0.2) is 0 Å². The Morgan fingerprint density at radius 2 is 1.83 bits per heavy atom. The van der Waals surface area contributed by atoms with Gasteiger partial charge in [-0.05, 0) is 67.9 Å². The first-order valence-corrected chi connectivity index (χ1v) is 8.57. The lowest BCUT2D eigenvalue weighted by Crippen LogP contribution is -1.77. The number of thiazole rings is 1. The molecule has 3 nitrogen and oxygen atoms in total. The van der Waals surface area contributed by atoms with Gasteiger partial charge in [0.2, 0.25) is 0 Å². The molecule has 0 saturated carbocycles. The van der Waals surface area contributed by atoms with Crippen LogP contribution in [0.15, 0.2) is 64.0 Å². The van der Waals surface area contributed by atoms with Crippen LogP contribution in [0.5, 0.6) is 0 Å². The molecule has 4 aromatic rings. The summed E-state index contributed by atoms with van der Waals surface area (Å²) in [6, 6.07) is 18.3. The molecule has 24 heavy (non-hydrogen) atoms. The van der Waals surface area contributed by atoms with Gasteiger partial charge < -0.3 is 4.42 Å². The lowest BCUT2D eigenvalue weighted by Gasteiger charge is -1.97. The van der Waals surface area contributed by atoms with Gasteiger partial charge in [0.1, 0.15) is 16.5 Å². The largest absolute Gasteiger partial charge is 0.460 e. The fraction of sp³-hybridized carbons (Fsp3) is 0.100. The highest BCUT2D eigenvalue weighted by Crippen LogP contribution is 2.31. The van der Waals surface area contributed by atoms with Crippen LogP contribution in [0, 0.1) is 13.8 Å². The second-order valence-corrected chi connectivity index (χ2v) is 6.77. The number of fused-ring (bicyclic) bond motifs is 1. The molecule has 0 amide bonds. The molecule has 0 bridgehead atoms. The molecule has 2 aromatic carbocycles. The van der Waals surface area contributed by atoms with Gasteiger partial charge in [-0.25, -0.2) is 4.98 Å². The Kier molecular flexibility index (Phi) is 3.75. The van der Waals surface area contributed by atoms with Crippen LogP contribution in [0.4, 0.5) is 5.69 Å². The zero-order chi connectivity index (χ0) is 16.5. The van der Waals surface area contributed by atoms with E-state index < -0.39 is 0 Å². The van der Waals surface area contributed by atoms with Crippen molar-refractivity contribution < 1.29 is 4.42 Å². The molecule has 0 fully saturated rings. The molecule has 0 aliphatic rings. The van der Waals surface area contributed by atoms with Crippen molar-refractivity contribution in [3.05, 3.63) is 71.7 Å². The molecular formula is C20H16N2OS. The van der Waals surface area contributed by atoms with E-state index in [-0.39, 0.29) is 0 Å². The van der Waals surface area contributed by atoms with E-state index in [1.54, 1.807) is 17.6 Å². The number of rotatable bonds is 3. The molecule has 2 aromatic heterocycles. The minimum absolute atomic E-state index is 0.762. The average molecular weight is 332 g/mol. The van der Waals surface area contributed by atoms with Crippen LogP contribution in [0.2, 0.25) is 0 Å². The van der Waals surface area contributed by atoms with Gasteiger partial charge in [0.25, 0.3) is 0 Å².